The van der Waals surface area contributed by atoms with E-state index in [-0.39, 0.29) is 17.1 Å². The van der Waals surface area contributed by atoms with Gasteiger partial charge in [0.2, 0.25) is 0 Å². The SMILES string of the molecule is O=C(NC[C@@H](O)CN1CCOCC1)c1ccc(F)c(Cl)c1. The van der Waals surface area contributed by atoms with Gasteiger partial charge in [-0.15, -0.1) is 0 Å². The minimum atomic E-state index is -0.664. The Kier molecular flexibility index (Phi) is 5.93. The summed E-state index contributed by atoms with van der Waals surface area (Å²) in [4.78, 5) is 13.9. The van der Waals surface area contributed by atoms with Crippen LogP contribution in [0, 0.1) is 5.82 Å². The van der Waals surface area contributed by atoms with E-state index in [2.05, 4.69) is 10.2 Å². The summed E-state index contributed by atoms with van der Waals surface area (Å²) in [7, 11) is 0. The van der Waals surface area contributed by atoms with Crippen LogP contribution in [0.4, 0.5) is 4.39 Å². The lowest BCUT2D eigenvalue weighted by molar-refractivity contribution is 0.0149. The lowest BCUT2D eigenvalue weighted by atomic mass is 10.2. The van der Waals surface area contributed by atoms with Crippen molar-refractivity contribution in [1.82, 2.24) is 10.2 Å². The fourth-order valence-corrected chi connectivity index (χ4v) is 2.28. The molecule has 7 heteroatoms. The number of morpholine rings is 1. The fourth-order valence-electron chi connectivity index (χ4n) is 2.10. The van der Waals surface area contributed by atoms with E-state index in [9.17, 15) is 14.3 Å². The Hall–Kier alpha value is -1.21. The number of ether oxygens (including phenoxy) is 1. The molecule has 0 bridgehead atoms. The van der Waals surface area contributed by atoms with E-state index in [1.807, 2.05) is 0 Å². The van der Waals surface area contributed by atoms with Gasteiger partial charge in [0.05, 0.1) is 24.3 Å². The molecule has 2 N–H and O–H groups in total. The molecule has 0 radical (unpaired) electrons. The third kappa shape index (κ3) is 4.93. The van der Waals surface area contributed by atoms with Crippen LogP contribution in [-0.2, 0) is 4.74 Å². The number of nitrogens with one attached hydrogen (secondary N) is 1. The van der Waals surface area contributed by atoms with Crippen LogP contribution in [0.25, 0.3) is 0 Å². The molecular weight excluding hydrogens is 299 g/mol. The summed E-state index contributed by atoms with van der Waals surface area (Å²) in [6, 6.07) is 3.76. The van der Waals surface area contributed by atoms with E-state index in [1.165, 1.54) is 12.1 Å². The van der Waals surface area contributed by atoms with E-state index < -0.39 is 17.8 Å². The van der Waals surface area contributed by atoms with Crippen molar-refractivity contribution in [2.45, 2.75) is 6.10 Å². The molecule has 1 aromatic rings. The molecule has 1 fully saturated rings. The van der Waals surface area contributed by atoms with Gasteiger partial charge in [-0.2, -0.15) is 0 Å². The second kappa shape index (κ2) is 7.70. The lowest BCUT2D eigenvalue weighted by Crippen LogP contribution is -2.44. The number of hydrogen-bond acceptors (Lipinski definition) is 4. The number of rotatable bonds is 5. The number of hydrogen-bond donors (Lipinski definition) is 2. The molecule has 1 amide bonds. The molecule has 1 aliphatic rings. The van der Waals surface area contributed by atoms with Crippen LogP contribution in [0.3, 0.4) is 0 Å². The molecule has 0 unspecified atom stereocenters. The van der Waals surface area contributed by atoms with Crippen molar-refractivity contribution in [2.24, 2.45) is 0 Å². The van der Waals surface area contributed by atoms with Gasteiger partial charge in [0, 0.05) is 31.7 Å². The minimum absolute atomic E-state index is 0.100. The number of carbonyl (C=O) groups is 1. The molecule has 2 rings (SSSR count). The number of aliphatic hydroxyl groups excluding tert-OH is 1. The molecule has 1 heterocycles. The van der Waals surface area contributed by atoms with Crippen molar-refractivity contribution in [3.05, 3.63) is 34.6 Å². The topological polar surface area (TPSA) is 61.8 Å². The second-order valence-corrected chi connectivity index (χ2v) is 5.31. The maximum atomic E-state index is 13.0. The molecular formula is C14H18ClFN2O3. The van der Waals surface area contributed by atoms with Crippen LogP contribution in [0.2, 0.25) is 5.02 Å². The van der Waals surface area contributed by atoms with E-state index in [0.29, 0.717) is 19.8 Å². The predicted molar refractivity (Wildman–Crippen MR) is 77.0 cm³/mol. The number of halogens is 2. The van der Waals surface area contributed by atoms with Gasteiger partial charge in [-0.25, -0.2) is 4.39 Å². The molecule has 5 nitrogen and oxygen atoms in total. The summed E-state index contributed by atoms with van der Waals surface area (Å²) >= 11 is 5.63. The average molecular weight is 317 g/mol. The first-order valence-corrected chi connectivity index (χ1v) is 7.15. The normalized spacial score (nSPS) is 17.5. The van der Waals surface area contributed by atoms with E-state index in [0.717, 1.165) is 19.2 Å². The third-order valence-corrected chi connectivity index (χ3v) is 3.54. The van der Waals surface area contributed by atoms with Gasteiger partial charge in [0.1, 0.15) is 5.82 Å². The van der Waals surface area contributed by atoms with Gasteiger partial charge in [0.15, 0.2) is 0 Å². The van der Waals surface area contributed by atoms with Gasteiger partial charge in [-0.1, -0.05) is 11.6 Å². The van der Waals surface area contributed by atoms with E-state index in [1.54, 1.807) is 0 Å². The van der Waals surface area contributed by atoms with Crippen LogP contribution in [0.1, 0.15) is 10.4 Å². The van der Waals surface area contributed by atoms with Crippen molar-refractivity contribution in [3.63, 3.8) is 0 Å². The van der Waals surface area contributed by atoms with Crippen molar-refractivity contribution >= 4 is 17.5 Å². The van der Waals surface area contributed by atoms with Gasteiger partial charge < -0.3 is 15.2 Å². The van der Waals surface area contributed by atoms with Crippen LogP contribution >= 0.6 is 11.6 Å². The molecule has 0 spiro atoms. The summed E-state index contributed by atoms with van der Waals surface area (Å²) < 4.78 is 18.2. The Morgan fingerprint density at radius 3 is 2.86 bits per heavy atom. The van der Waals surface area contributed by atoms with Crippen LogP contribution < -0.4 is 5.32 Å². The molecule has 0 aromatic heterocycles. The maximum absolute atomic E-state index is 13.0. The van der Waals surface area contributed by atoms with Crippen molar-refractivity contribution in [1.29, 1.82) is 0 Å². The van der Waals surface area contributed by atoms with Crippen LogP contribution in [-0.4, -0.2) is 61.4 Å². The monoisotopic (exact) mass is 316 g/mol. The van der Waals surface area contributed by atoms with Crippen molar-refractivity contribution in [3.8, 4) is 0 Å². The zero-order valence-electron chi connectivity index (χ0n) is 11.5. The average Bonchev–Trinajstić information content (AvgIpc) is 2.48. The quantitative estimate of drug-likeness (QED) is 0.847. The summed E-state index contributed by atoms with van der Waals surface area (Å²) in [6.45, 7) is 3.48. The highest BCUT2D eigenvalue weighted by Gasteiger charge is 2.16. The summed E-state index contributed by atoms with van der Waals surface area (Å²) in [6.07, 6.45) is -0.664. The zero-order chi connectivity index (χ0) is 15.2. The van der Waals surface area contributed by atoms with Crippen LogP contribution in [0.5, 0.6) is 0 Å². The Morgan fingerprint density at radius 2 is 2.19 bits per heavy atom. The molecule has 0 aliphatic carbocycles. The minimum Gasteiger partial charge on any atom is -0.390 e. The molecule has 1 aliphatic heterocycles. The van der Waals surface area contributed by atoms with E-state index in [4.69, 9.17) is 16.3 Å². The number of amides is 1. The fraction of sp³-hybridized carbons (Fsp3) is 0.500. The smallest absolute Gasteiger partial charge is 0.251 e. The predicted octanol–water partition coefficient (Wildman–Crippen LogP) is 0.902. The highest BCUT2D eigenvalue weighted by Crippen LogP contribution is 2.15. The Bertz CT molecular complexity index is 495. The van der Waals surface area contributed by atoms with Gasteiger partial charge >= 0.3 is 0 Å². The highest BCUT2D eigenvalue weighted by molar-refractivity contribution is 6.31. The Balaban J connectivity index is 1.78. The highest BCUT2D eigenvalue weighted by atomic mass is 35.5. The number of benzene rings is 1. The van der Waals surface area contributed by atoms with Gasteiger partial charge in [0.25, 0.3) is 5.91 Å². The molecule has 21 heavy (non-hydrogen) atoms. The largest absolute Gasteiger partial charge is 0.390 e. The molecule has 116 valence electrons. The summed E-state index contributed by atoms with van der Waals surface area (Å²) in [5, 5.41) is 12.4. The number of aliphatic hydroxyl groups is 1. The molecule has 1 saturated heterocycles. The van der Waals surface area contributed by atoms with Crippen molar-refractivity contribution < 1.29 is 19.0 Å². The van der Waals surface area contributed by atoms with Crippen molar-refractivity contribution in [2.75, 3.05) is 39.4 Å². The summed E-state index contributed by atoms with van der Waals surface area (Å²) in [5.74, 6) is -0.960. The standard InChI is InChI=1S/C14H18ClFN2O3/c15-12-7-10(1-2-13(12)16)14(20)17-8-11(19)9-18-3-5-21-6-4-18/h1-2,7,11,19H,3-6,8-9H2,(H,17,20)/t11-/m1/s1. The molecule has 1 atom stereocenters. The Morgan fingerprint density at radius 1 is 1.48 bits per heavy atom. The number of carbonyl (C=O) groups excluding carboxylic acids is 1. The Labute approximate surface area is 127 Å². The first-order valence-electron chi connectivity index (χ1n) is 6.77. The van der Waals surface area contributed by atoms with E-state index >= 15 is 0 Å². The maximum Gasteiger partial charge on any atom is 0.251 e. The molecule has 1 aromatic carbocycles. The van der Waals surface area contributed by atoms with Crippen LogP contribution in [0.15, 0.2) is 18.2 Å². The zero-order valence-corrected chi connectivity index (χ0v) is 12.3. The number of nitrogens with zero attached hydrogens (tertiary/aromatic N) is 1. The van der Waals surface area contributed by atoms with Gasteiger partial charge in [-0.05, 0) is 18.2 Å². The first kappa shape index (κ1) is 16.2. The van der Waals surface area contributed by atoms with Gasteiger partial charge in [-0.3, -0.25) is 9.69 Å². The number of β-amino-alcohol motifs (C(OH)–C–C–N with tert-alkyl or cyclic N) is 1. The lowest BCUT2D eigenvalue weighted by Gasteiger charge is -2.28. The molecule has 0 saturated carbocycles. The first-order chi connectivity index (χ1) is 10.1. The second-order valence-electron chi connectivity index (χ2n) is 4.91. The third-order valence-electron chi connectivity index (χ3n) is 3.25. The summed E-state index contributed by atoms with van der Waals surface area (Å²) in [5.41, 5.74) is 0.264.